The van der Waals surface area contributed by atoms with Gasteiger partial charge in [0.05, 0.1) is 16.7 Å². The van der Waals surface area contributed by atoms with Crippen molar-refractivity contribution >= 4 is 33.9 Å². The van der Waals surface area contributed by atoms with Crippen LogP contribution in [0, 0.1) is 20.8 Å². The van der Waals surface area contributed by atoms with E-state index in [1.54, 1.807) is 23.5 Å². The molecule has 0 amide bonds. The Morgan fingerprint density at radius 2 is 1.70 bits per heavy atom. The van der Waals surface area contributed by atoms with Crippen LogP contribution >= 0.6 is 11.3 Å². The number of rotatable bonds is 7. The minimum Gasteiger partial charge on any atom is -0.345 e. The Kier molecular flexibility index (Phi) is 6.02. The van der Waals surface area contributed by atoms with E-state index in [2.05, 4.69) is 25.0 Å². The average Bonchev–Trinajstić information content (AvgIpc) is 3.01. The molecule has 0 saturated carbocycles. The number of anilines is 2. The number of benzene rings is 1. The third-order valence-corrected chi connectivity index (χ3v) is 5.13. The zero-order chi connectivity index (χ0) is 19.4. The lowest BCUT2D eigenvalue weighted by Crippen LogP contribution is -2.16. The van der Waals surface area contributed by atoms with Crippen molar-refractivity contribution in [2.45, 2.75) is 33.2 Å². The fourth-order valence-corrected chi connectivity index (χ4v) is 3.80. The van der Waals surface area contributed by atoms with Gasteiger partial charge in [-0.05, 0) is 51.0 Å². The van der Waals surface area contributed by atoms with Gasteiger partial charge in [0.1, 0.15) is 0 Å². The largest absolute Gasteiger partial charge is 0.345 e. The minimum atomic E-state index is -2.66. The van der Waals surface area contributed by atoms with E-state index in [1.165, 1.54) is 0 Å². The van der Waals surface area contributed by atoms with Crippen LogP contribution in [-0.4, -0.2) is 23.4 Å². The van der Waals surface area contributed by atoms with Crippen LogP contribution < -0.4 is 10.0 Å². The highest BCUT2D eigenvalue weighted by molar-refractivity contribution is 7.73. The lowest BCUT2D eigenvalue weighted by molar-refractivity contribution is 0.619. The Morgan fingerprint density at radius 3 is 2.26 bits per heavy atom. The van der Waals surface area contributed by atoms with Gasteiger partial charge in [0.15, 0.2) is 0 Å². The Bertz CT molecular complexity index is 971. The first-order valence-corrected chi connectivity index (χ1v) is 10.5. The van der Waals surface area contributed by atoms with E-state index in [4.69, 9.17) is 0 Å². The van der Waals surface area contributed by atoms with Crippen molar-refractivity contribution < 1.29 is 8.42 Å². The zero-order valence-electron chi connectivity index (χ0n) is 15.3. The van der Waals surface area contributed by atoms with Crippen LogP contribution in [0.3, 0.4) is 0 Å². The molecule has 0 aliphatic carbocycles. The molecule has 2 aromatic heterocycles. The van der Waals surface area contributed by atoms with E-state index in [1.807, 2.05) is 44.4 Å². The average molecular weight is 404 g/mol. The van der Waals surface area contributed by atoms with Crippen LogP contribution in [0.4, 0.5) is 11.6 Å². The van der Waals surface area contributed by atoms with Crippen LogP contribution in [-0.2, 0) is 17.3 Å². The van der Waals surface area contributed by atoms with E-state index < -0.39 is 10.9 Å². The highest BCUT2D eigenvalue weighted by Gasteiger charge is 2.17. The topological polar surface area (TPSA) is 96.9 Å². The summed E-state index contributed by atoms with van der Waals surface area (Å²) in [6.07, 6.45) is 0.670. The van der Waals surface area contributed by atoms with Gasteiger partial charge in [-0.15, -0.1) is 11.3 Å². The highest BCUT2D eigenvalue weighted by atomic mass is 32.2. The van der Waals surface area contributed by atoms with Crippen molar-refractivity contribution in [1.29, 1.82) is 0 Å². The fraction of sp³-hybridized carbons (Fsp3) is 0.278. The SMILES string of the molecule is Cc1cc(C)nc(N[C@@H](Cc2ccc(N[SH](=O)=O)cc2)c2csc(C)n2)n1. The molecule has 2 heterocycles. The van der Waals surface area contributed by atoms with E-state index in [9.17, 15) is 8.42 Å². The van der Waals surface area contributed by atoms with Gasteiger partial charge in [-0.2, -0.15) is 0 Å². The molecular formula is C18H21N5O2S2. The molecule has 0 bridgehead atoms. The lowest BCUT2D eigenvalue weighted by atomic mass is 10.0. The molecule has 0 fully saturated rings. The summed E-state index contributed by atoms with van der Waals surface area (Å²) in [5, 5.41) is 6.43. The van der Waals surface area contributed by atoms with Gasteiger partial charge < -0.3 is 5.32 Å². The maximum absolute atomic E-state index is 10.8. The number of nitrogens with one attached hydrogen (secondary N) is 2. The minimum absolute atomic E-state index is 0.0916. The van der Waals surface area contributed by atoms with Crippen LogP contribution in [0.1, 0.15) is 33.7 Å². The second kappa shape index (κ2) is 8.45. The molecular weight excluding hydrogens is 382 g/mol. The molecule has 0 aliphatic rings. The first-order chi connectivity index (χ1) is 12.9. The number of aryl methyl sites for hydroxylation is 3. The molecule has 0 aliphatic heterocycles. The Hall–Kier alpha value is -2.52. The number of thiol groups is 1. The van der Waals surface area contributed by atoms with Gasteiger partial charge in [0.2, 0.25) is 16.8 Å². The summed E-state index contributed by atoms with van der Waals surface area (Å²) in [6.45, 7) is 5.85. The van der Waals surface area contributed by atoms with Crippen LogP contribution in [0.2, 0.25) is 0 Å². The third-order valence-electron chi connectivity index (χ3n) is 3.89. The molecule has 1 aromatic carbocycles. The number of nitrogens with zero attached hydrogens (tertiary/aromatic N) is 3. The quantitative estimate of drug-likeness (QED) is 0.524. The highest BCUT2D eigenvalue weighted by Crippen LogP contribution is 2.24. The van der Waals surface area contributed by atoms with Crippen molar-refractivity contribution in [3.63, 3.8) is 0 Å². The number of hydrogen-bond donors (Lipinski definition) is 3. The number of hydrogen-bond acceptors (Lipinski definition) is 7. The second-order valence-corrected chi connectivity index (χ2v) is 8.03. The van der Waals surface area contributed by atoms with Gasteiger partial charge in [-0.25, -0.2) is 23.4 Å². The molecule has 0 unspecified atom stereocenters. The first-order valence-electron chi connectivity index (χ1n) is 8.40. The molecule has 2 N–H and O–H groups in total. The van der Waals surface area contributed by atoms with Crippen molar-refractivity contribution in [2.24, 2.45) is 0 Å². The smallest absolute Gasteiger partial charge is 0.223 e. The second-order valence-electron chi connectivity index (χ2n) is 6.23. The molecule has 142 valence electrons. The summed E-state index contributed by atoms with van der Waals surface area (Å²) in [6, 6.07) is 9.13. The summed E-state index contributed by atoms with van der Waals surface area (Å²) < 4.78 is 23.9. The Morgan fingerprint density at radius 1 is 1.04 bits per heavy atom. The fourth-order valence-electron chi connectivity index (χ4n) is 2.77. The molecule has 3 rings (SSSR count). The Balaban J connectivity index is 1.84. The van der Waals surface area contributed by atoms with E-state index >= 15 is 0 Å². The van der Waals surface area contributed by atoms with Gasteiger partial charge in [-0.1, -0.05) is 12.1 Å². The molecule has 9 heteroatoms. The van der Waals surface area contributed by atoms with Crippen molar-refractivity contribution in [2.75, 3.05) is 10.0 Å². The summed E-state index contributed by atoms with van der Waals surface area (Å²) in [7, 11) is -2.66. The van der Waals surface area contributed by atoms with E-state index in [0.717, 1.165) is 27.7 Å². The standard InChI is InChI=1S/C18H21N5O2S2/c1-11-8-12(2)20-18(19-11)22-16(17-10-26-13(3)21-17)9-14-4-6-15(7-5-14)23-27(24)25/h4-8,10,16,27H,9H2,1-3H3,(H,19,20,22)(H,23,24,25)/t16-/m0/s1. The van der Waals surface area contributed by atoms with Gasteiger partial charge in [0, 0.05) is 22.5 Å². The summed E-state index contributed by atoms with van der Waals surface area (Å²) in [4.78, 5) is 13.6. The van der Waals surface area contributed by atoms with Crippen molar-refractivity contribution in [3.8, 4) is 0 Å². The van der Waals surface area contributed by atoms with Gasteiger partial charge in [-0.3, -0.25) is 4.72 Å². The Labute approximate surface area is 164 Å². The van der Waals surface area contributed by atoms with Crippen LogP contribution in [0.15, 0.2) is 35.7 Å². The normalized spacial score (nSPS) is 12.1. The molecule has 7 nitrogen and oxygen atoms in total. The van der Waals surface area contributed by atoms with E-state index in [0.29, 0.717) is 18.1 Å². The van der Waals surface area contributed by atoms with Crippen molar-refractivity contribution in [1.82, 2.24) is 15.0 Å². The van der Waals surface area contributed by atoms with Gasteiger partial charge in [0.25, 0.3) is 0 Å². The molecule has 3 aromatic rings. The number of thiazole rings is 1. The lowest BCUT2D eigenvalue weighted by Gasteiger charge is -2.18. The van der Waals surface area contributed by atoms with Gasteiger partial charge >= 0.3 is 0 Å². The first kappa shape index (κ1) is 19.2. The zero-order valence-corrected chi connectivity index (χ0v) is 17.0. The van der Waals surface area contributed by atoms with Crippen LogP contribution in [0.5, 0.6) is 0 Å². The van der Waals surface area contributed by atoms with Crippen LogP contribution in [0.25, 0.3) is 0 Å². The maximum atomic E-state index is 10.8. The van der Waals surface area contributed by atoms with E-state index in [-0.39, 0.29) is 6.04 Å². The summed E-state index contributed by atoms with van der Waals surface area (Å²) in [5.74, 6) is 0.574. The summed E-state index contributed by atoms with van der Waals surface area (Å²) >= 11 is 1.60. The van der Waals surface area contributed by atoms with Crippen molar-refractivity contribution in [3.05, 3.63) is 63.4 Å². The third kappa shape index (κ3) is 5.48. The molecule has 0 radical (unpaired) electrons. The number of aromatic nitrogens is 3. The predicted octanol–water partition coefficient (Wildman–Crippen LogP) is 3.19. The molecule has 0 spiro atoms. The molecule has 0 saturated heterocycles. The monoisotopic (exact) mass is 403 g/mol. The maximum Gasteiger partial charge on any atom is 0.223 e. The summed E-state index contributed by atoms with van der Waals surface area (Å²) in [5.41, 5.74) is 4.33. The molecule has 1 atom stereocenters. The molecule has 27 heavy (non-hydrogen) atoms. The predicted molar refractivity (Wildman–Crippen MR) is 109 cm³/mol.